The Morgan fingerprint density at radius 2 is 2.18 bits per heavy atom. The Kier molecular flexibility index (Phi) is 4.18. The average Bonchev–Trinajstić information content (AvgIpc) is 2.76. The van der Waals surface area contributed by atoms with E-state index in [9.17, 15) is 10.2 Å². The molecule has 2 rings (SSSR count). The number of aromatic hydroxyl groups is 2. The molecular weight excluding hydrogens is 234 g/mol. The molecule has 2 atom stereocenters. The van der Waals surface area contributed by atoms with E-state index in [-0.39, 0.29) is 11.5 Å². The van der Waals surface area contributed by atoms with Crippen LogP contribution >= 0.6 is 11.8 Å². The Labute approximate surface area is 106 Å². The second-order valence-corrected chi connectivity index (χ2v) is 5.70. The molecule has 3 N–H and O–H groups in total. The van der Waals surface area contributed by atoms with E-state index in [2.05, 4.69) is 11.6 Å². The van der Waals surface area contributed by atoms with Crippen molar-refractivity contribution in [2.75, 3.05) is 6.26 Å². The number of nitrogens with one attached hydrogen (secondary N) is 1. The van der Waals surface area contributed by atoms with Gasteiger partial charge in [0.05, 0.1) is 0 Å². The van der Waals surface area contributed by atoms with Gasteiger partial charge in [0.25, 0.3) is 0 Å². The summed E-state index contributed by atoms with van der Waals surface area (Å²) < 4.78 is 0. The van der Waals surface area contributed by atoms with E-state index < -0.39 is 0 Å². The van der Waals surface area contributed by atoms with Gasteiger partial charge in [-0.25, -0.2) is 0 Å². The van der Waals surface area contributed by atoms with Crippen LogP contribution in [-0.2, 0) is 6.54 Å². The van der Waals surface area contributed by atoms with Crippen LogP contribution in [0.2, 0.25) is 0 Å². The molecular formula is C13H19NO2S. The number of hydrogen-bond acceptors (Lipinski definition) is 4. The van der Waals surface area contributed by atoms with Crippen LogP contribution in [0.25, 0.3) is 0 Å². The van der Waals surface area contributed by atoms with Crippen LogP contribution in [0.3, 0.4) is 0 Å². The summed E-state index contributed by atoms with van der Waals surface area (Å²) in [6.45, 7) is 0.665. The molecule has 2 unspecified atom stereocenters. The highest BCUT2D eigenvalue weighted by atomic mass is 32.2. The Morgan fingerprint density at radius 3 is 2.82 bits per heavy atom. The lowest BCUT2D eigenvalue weighted by Crippen LogP contribution is -2.26. The summed E-state index contributed by atoms with van der Waals surface area (Å²) in [5.41, 5.74) is 0.843. The van der Waals surface area contributed by atoms with E-state index in [4.69, 9.17) is 0 Å². The normalized spacial score (nSPS) is 24.1. The van der Waals surface area contributed by atoms with Crippen LogP contribution < -0.4 is 5.32 Å². The molecule has 1 fully saturated rings. The molecule has 0 aromatic heterocycles. The van der Waals surface area contributed by atoms with Crippen molar-refractivity contribution in [3.63, 3.8) is 0 Å². The highest BCUT2D eigenvalue weighted by Crippen LogP contribution is 2.29. The molecule has 0 heterocycles. The third kappa shape index (κ3) is 3.30. The van der Waals surface area contributed by atoms with Gasteiger partial charge in [-0.1, -0.05) is 6.07 Å². The summed E-state index contributed by atoms with van der Waals surface area (Å²) in [7, 11) is 0. The Bertz CT molecular complexity index is 384. The second kappa shape index (κ2) is 5.65. The van der Waals surface area contributed by atoms with Gasteiger partial charge >= 0.3 is 0 Å². The molecule has 1 aromatic carbocycles. The van der Waals surface area contributed by atoms with Gasteiger partial charge in [0.2, 0.25) is 0 Å². The minimum Gasteiger partial charge on any atom is -0.508 e. The lowest BCUT2D eigenvalue weighted by molar-refractivity contribution is 0.439. The lowest BCUT2D eigenvalue weighted by atomic mass is 10.1. The van der Waals surface area contributed by atoms with E-state index in [1.165, 1.54) is 25.3 Å². The quantitative estimate of drug-likeness (QED) is 0.771. The zero-order valence-corrected chi connectivity index (χ0v) is 10.8. The van der Waals surface area contributed by atoms with Crippen LogP contribution in [-0.4, -0.2) is 27.8 Å². The molecule has 17 heavy (non-hydrogen) atoms. The third-order valence-corrected chi connectivity index (χ3v) is 4.46. The molecule has 1 aliphatic rings. The lowest BCUT2D eigenvalue weighted by Gasteiger charge is -2.13. The summed E-state index contributed by atoms with van der Waals surface area (Å²) >= 11 is 1.94. The summed E-state index contributed by atoms with van der Waals surface area (Å²) in [6.07, 6.45) is 5.86. The first-order valence-corrected chi connectivity index (χ1v) is 7.25. The fourth-order valence-corrected chi connectivity index (χ4v) is 3.09. The minimum absolute atomic E-state index is 0.106. The topological polar surface area (TPSA) is 52.5 Å². The zero-order valence-electron chi connectivity index (χ0n) is 10.0. The fourth-order valence-electron chi connectivity index (χ4n) is 2.30. The predicted octanol–water partition coefficient (Wildman–Crippen LogP) is 2.47. The van der Waals surface area contributed by atoms with E-state index in [0.717, 1.165) is 10.8 Å². The number of thioether (sulfide) groups is 1. The van der Waals surface area contributed by atoms with Gasteiger partial charge in [-0.3, -0.25) is 0 Å². The highest BCUT2D eigenvalue weighted by Gasteiger charge is 2.23. The van der Waals surface area contributed by atoms with Crippen LogP contribution in [0.4, 0.5) is 0 Å². The molecule has 0 radical (unpaired) electrons. The molecule has 0 bridgehead atoms. The van der Waals surface area contributed by atoms with Crippen LogP contribution in [0.1, 0.15) is 24.8 Å². The molecule has 1 saturated carbocycles. The monoisotopic (exact) mass is 253 g/mol. The maximum Gasteiger partial charge on any atom is 0.123 e. The highest BCUT2D eigenvalue weighted by molar-refractivity contribution is 7.99. The van der Waals surface area contributed by atoms with E-state index in [1.807, 2.05) is 11.8 Å². The molecule has 0 spiro atoms. The number of phenolic OH excluding ortho intramolecular Hbond substituents is 2. The molecule has 1 aromatic rings. The Morgan fingerprint density at radius 1 is 1.35 bits per heavy atom. The fraction of sp³-hybridized carbons (Fsp3) is 0.538. The largest absolute Gasteiger partial charge is 0.508 e. The predicted molar refractivity (Wildman–Crippen MR) is 71.6 cm³/mol. The van der Waals surface area contributed by atoms with E-state index in [1.54, 1.807) is 12.1 Å². The Balaban J connectivity index is 1.86. The minimum atomic E-state index is 0.106. The maximum atomic E-state index is 9.66. The smallest absolute Gasteiger partial charge is 0.123 e. The van der Waals surface area contributed by atoms with Gasteiger partial charge in [-0.2, -0.15) is 11.8 Å². The van der Waals surface area contributed by atoms with Crippen molar-refractivity contribution in [3.05, 3.63) is 23.8 Å². The SMILES string of the molecule is CSC1CCC(NCc2ccc(O)cc2O)C1. The summed E-state index contributed by atoms with van der Waals surface area (Å²) in [5, 5.41) is 23.1. The molecule has 3 nitrogen and oxygen atoms in total. The van der Waals surface area contributed by atoms with Crippen molar-refractivity contribution in [1.82, 2.24) is 5.32 Å². The molecule has 94 valence electrons. The Hall–Kier alpha value is -0.870. The number of rotatable bonds is 4. The van der Waals surface area contributed by atoms with Gasteiger partial charge in [0.1, 0.15) is 11.5 Å². The first-order valence-electron chi connectivity index (χ1n) is 5.96. The van der Waals surface area contributed by atoms with E-state index in [0.29, 0.717) is 12.6 Å². The zero-order chi connectivity index (χ0) is 12.3. The van der Waals surface area contributed by atoms with Gasteiger partial charge < -0.3 is 15.5 Å². The molecule has 0 amide bonds. The first kappa shape index (κ1) is 12.6. The van der Waals surface area contributed by atoms with Gasteiger partial charge in [-0.15, -0.1) is 0 Å². The summed E-state index contributed by atoms with van der Waals surface area (Å²) in [5.74, 6) is 0.270. The van der Waals surface area contributed by atoms with Crippen molar-refractivity contribution < 1.29 is 10.2 Å². The van der Waals surface area contributed by atoms with Crippen molar-refractivity contribution in [3.8, 4) is 11.5 Å². The number of benzene rings is 1. The van der Waals surface area contributed by atoms with Crippen molar-refractivity contribution >= 4 is 11.8 Å². The van der Waals surface area contributed by atoms with Crippen molar-refractivity contribution in [1.29, 1.82) is 0 Å². The number of phenols is 2. The van der Waals surface area contributed by atoms with Crippen molar-refractivity contribution in [2.45, 2.75) is 37.1 Å². The standard InChI is InChI=1S/C13H19NO2S/c1-17-12-5-3-10(6-12)14-8-9-2-4-11(15)7-13(9)16/h2,4,7,10,12,14-16H,3,5-6,8H2,1H3. The van der Waals surface area contributed by atoms with Crippen LogP contribution in [0, 0.1) is 0 Å². The third-order valence-electron chi connectivity index (χ3n) is 3.37. The molecule has 0 aliphatic heterocycles. The van der Waals surface area contributed by atoms with Crippen LogP contribution in [0.5, 0.6) is 11.5 Å². The number of hydrogen-bond donors (Lipinski definition) is 3. The molecule has 4 heteroatoms. The van der Waals surface area contributed by atoms with Crippen LogP contribution in [0.15, 0.2) is 18.2 Å². The van der Waals surface area contributed by atoms with Gasteiger partial charge in [0.15, 0.2) is 0 Å². The maximum absolute atomic E-state index is 9.66. The van der Waals surface area contributed by atoms with Gasteiger partial charge in [-0.05, 0) is 31.6 Å². The second-order valence-electron chi connectivity index (χ2n) is 4.56. The van der Waals surface area contributed by atoms with E-state index >= 15 is 0 Å². The average molecular weight is 253 g/mol. The summed E-state index contributed by atoms with van der Waals surface area (Å²) in [4.78, 5) is 0. The first-order chi connectivity index (χ1) is 8.19. The van der Waals surface area contributed by atoms with Gasteiger partial charge in [0, 0.05) is 29.5 Å². The summed E-state index contributed by atoms with van der Waals surface area (Å²) in [6, 6.07) is 5.31. The van der Waals surface area contributed by atoms with Crippen molar-refractivity contribution in [2.24, 2.45) is 0 Å². The molecule has 0 saturated heterocycles. The molecule has 1 aliphatic carbocycles.